The second-order valence-corrected chi connectivity index (χ2v) is 6.04. The fourth-order valence-electron chi connectivity index (χ4n) is 2.38. The monoisotopic (exact) mass is 263 g/mol. The Bertz CT molecular complexity index is 356. The predicted molar refractivity (Wildman–Crippen MR) is 82.3 cm³/mol. The topological polar surface area (TPSA) is 23.5 Å². The molecule has 0 spiro atoms. The Morgan fingerprint density at radius 3 is 2.05 bits per heavy atom. The van der Waals surface area contributed by atoms with E-state index in [-0.39, 0.29) is 0 Å². The first-order valence-electron chi connectivity index (χ1n) is 7.45. The van der Waals surface area contributed by atoms with Gasteiger partial charge in [-0.3, -0.25) is 4.90 Å². The second-order valence-electron chi connectivity index (χ2n) is 6.04. The molecule has 1 aromatic rings. The third kappa shape index (κ3) is 5.33. The number of benzene rings is 1. The summed E-state index contributed by atoms with van der Waals surface area (Å²) in [6.45, 7) is 12.6. The van der Waals surface area contributed by atoms with Crippen molar-refractivity contribution in [3.63, 3.8) is 0 Å². The highest BCUT2D eigenvalue weighted by Crippen LogP contribution is 2.17. The molecule has 0 fully saturated rings. The van der Waals surface area contributed by atoms with Gasteiger partial charge in [0.25, 0.3) is 0 Å². The number of rotatable bonds is 7. The van der Waals surface area contributed by atoms with E-state index in [4.69, 9.17) is 0 Å². The van der Waals surface area contributed by atoms with Crippen molar-refractivity contribution in [2.75, 3.05) is 13.1 Å². The molecule has 0 saturated heterocycles. The average molecular weight is 263 g/mol. The molecular formula is C17H29NO. The summed E-state index contributed by atoms with van der Waals surface area (Å²) in [5.41, 5.74) is 2.37. The van der Waals surface area contributed by atoms with E-state index in [9.17, 15) is 5.11 Å². The molecule has 19 heavy (non-hydrogen) atoms. The number of likely N-dealkylation sites (N-methyl/N-ethyl adjacent to an activating group) is 1. The van der Waals surface area contributed by atoms with Crippen LogP contribution in [0.25, 0.3) is 0 Å². The van der Waals surface area contributed by atoms with Crippen LogP contribution in [0.3, 0.4) is 0 Å². The highest BCUT2D eigenvalue weighted by molar-refractivity contribution is 5.24. The fourth-order valence-corrected chi connectivity index (χ4v) is 2.38. The summed E-state index contributed by atoms with van der Waals surface area (Å²) in [5.74, 6) is 0.673. The van der Waals surface area contributed by atoms with Crippen molar-refractivity contribution < 1.29 is 5.11 Å². The van der Waals surface area contributed by atoms with Crippen LogP contribution < -0.4 is 0 Å². The first kappa shape index (κ1) is 16.2. The Hall–Kier alpha value is -0.860. The standard InChI is InChI=1S/C17H29NO/c1-6-18(14(4)5)12-17(19)16-9-7-15(8-10-16)11-13(2)3/h7-10,13-14,17,19H,6,11-12H2,1-5H3. The molecule has 0 bridgehead atoms. The summed E-state index contributed by atoms with van der Waals surface area (Å²) >= 11 is 0. The van der Waals surface area contributed by atoms with Crippen LogP contribution in [0.4, 0.5) is 0 Å². The van der Waals surface area contributed by atoms with E-state index in [1.54, 1.807) is 0 Å². The van der Waals surface area contributed by atoms with Crippen molar-refractivity contribution >= 4 is 0 Å². The lowest BCUT2D eigenvalue weighted by atomic mass is 10.00. The molecule has 0 amide bonds. The van der Waals surface area contributed by atoms with E-state index in [0.29, 0.717) is 18.5 Å². The quantitative estimate of drug-likeness (QED) is 0.811. The molecule has 0 heterocycles. The normalized spacial score (nSPS) is 13.5. The maximum absolute atomic E-state index is 10.3. The van der Waals surface area contributed by atoms with Crippen LogP contribution in [0.2, 0.25) is 0 Å². The fraction of sp³-hybridized carbons (Fsp3) is 0.647. The first-order chi connectivity index (χ1) is 8.93. The predicted octanol–water partition coefficient (Wildman–Crippen LogP) is 3.65. The molecule has 0 saturated carbocycles. The van der Waals surface area contributed by atoms with Gasteiger partial charge in [0.1, 0.15) is 0 Å². The van der Waals surface area contributed by atoms with E-state index in [2.05, 4.69) is 63.8 Å². The summed E-state index contributed by atoms with van der Waals surface area (Å²) in [6.07, 6.45) is 0.708. The molecule has 1 atom stereocenters. The second kappa shape index (κ2) is 7.66. The minimum Gasteiger partial charge on any atom is -0.387 e. The molecule has 2 heteroatoms. The lowest BCUT2D eigenvalue weighted by molar-refractivity contribution is 0.0991. The lowest BCUT2D eigenvalue weighted by Crippen LogP contribution is -2.34. The molecule has 1 unspecified atom stereocenters. The number of aliphatic hydroxyl groups is 1. The average Bonchev–Trinajstić information content (AvgIpc) is 2.35. The largest absolute Gasteiger partial charge is 0.387 e. The van der Waals surface area contributed by atoms with Gasteiger partial charge < -0.3 is 5.11 Å². The molecule has 0 aliphatic carbocycles. The number of nitrogens with zero attached hydrogens (tertiary/aromatic N) is 1. The van der Waals surface area contributed by atoms with Gasteiger partial charge in [0.2, 0.25) is 0 Å². The lowest BCUT2D eigenvalue weighted by Gasteiger charge is -2.27. The van der Waals surface area contributed by atoms with Gasteiger partial charge in [0, 0.05) is 12.6 Å². The third-order valence-corrected chi connectivity index (χ3v) is 3.55. The van der Waals surface area contributed by atoms with Gasteiger partial charge in [-0.1, -0.05) is 45.0 Å². The molecule has 1 N–H and O–H groups in total. The molecular weight excluding hydrogens is 234 g/mol. The van der Waals surface area contributed by atoms with Crippen LogP contribution in [0.5, 0.6) is 0 Å². The molecule has 0 aliphatic rings. The maximum Gasteiger partial charge on any atom is 0.0917 e. The van der Waals surface area contributed by atoms with Gasteiger partial charge in [-0.25, -0.2) is 0 Å². The minimum atomic E-state index is -0.393. The Balaban J connectivity index is 2.64. The van der Waals surface area contributed by atoms with Gasteiger partial charge in [-0.05, 0) is 43.9 Å². The van der Waals surface area contributed by atoms with Crippen molar-refractivity contribution in [3.8, 4) is 0 Å². The number of hydrogen-bond donors (Lipinski definition) is 1. The molecule has 0 aromatic heterocycles. The molecule has 108 valence electrons. The first-order valence-corrected chi connectivity index (χ1v) is 7.45. The van der Waals surface area contributed by atoms with Gasteiger partial charge in [0.15, 0.2) is 0 Å². The maximum atomic E-state index is 10.3. The van der Waals surface area contributed by atoms with Gasteiger partial charge in [-0.2, -0.15) is 0 Å². The van der Waals surface area contributed by atoms with E-state index < -0.39 is 6.10 Å². The van der Waals surface area contributed by atoms with Crippen LogP contribution in [0.15, 0.2) is 24.3 Å². The molecule has 0 radical (unpaired) electrons. The van der Waals surface area contributed by atoms with Crippen LogP contribution in [0.1, 0.15) is 51.8 Å². The third-order valence-electron chi connectivity index (χ3n) is 3.55. The minimum absolute atomic E-state index is 0.393. The van der Waals surface area contributed by atoms with E-state index >= 15 is 0 Å². The van der Waals surface area contributed by atoms with Crippen LogP contribution in [-0.2, 0) is 6.42 Å². The van der Waals surface area contributed by atoms with Crippen molar-refractivity contribution in [2.45, 2.75) is 53.2 Å². The summed E-state index contributed by atoms with van der Waals surface area (Å²) in [7, 11) is 0. The summed E-state index contributed by atoms with van der Waals surface area (Å²) in [4.78, 5) is 2.28. The smallest absolute Gasteiger partial charge is 0.0917 e. The highest BCUT2D eigenvalue weighted by atomic mass is 16.3. The summed E-state index contributed by atoms with van der Waals surface area (Å²) in [5, 5.41) is 10.3. The Morgan fingerprint density at radius 1 is 1.05 bits per heavy atom. The van der Waals surface area contributed by atoms with Crippen LogP contribution in [0, 0.1) is 5.92 Å². The van der Waals surface area contributed by atoms with Gasteiger partial charge in [-0.15, -0.1) is 0 Å². The summed E-state index contributed by atoms with van der Waals surface area (Å²) in [6, 6.07) is 8.89. The van der Waals surface area contributed by atoms with E-state index in [1.165, 1.54) is 5.56 Å². The molecule has 1 rings (SSSR count). The zero-order chi connectivity index (χ0) is 14.4. The van der Waals surface area contributed by atoms with Gasteiger partial charge in [0.05, 0.1) is 6.10 Å². The zero-order valence-corrected chi connectivity index (χ0v) is 13.1. The highest BCUT2D eigenvalue weighted by Gasteiger charge is 2.14. The Morgan fingerprint density at radius 2 is 1.63 bits per heavy atom. The van der Waals surface area contributed by atoms with Gasteiger partial charge >= 0.3 is 0 Å². The van der Waals surface area contributed by atoms with Crippen LogP contribution in [-0.4, -0.2) is 29.1 Å². The Kier molecular flexibility index (Phi) is 6.53. The molecule has 0 aliphatic heterocycles. The SMILES string of the molecule is CCN(CC(O)c1ccc(CC(C)C)cc1)C(C)C. The zero-order valence-electron chi connectivity index (χ0n) is 13.1. The number of hydrogen-bond acceptors (Lipinski definition) is 2. The molecule has 1 aromatic carbocycles. The van der Waals surface area contributed by atoms with Crippen molar-refractivity contribution in [2.24, 2.45) is 5.92 Å². The van der Waals surface area contributed by atoms with E-state index in [1.807, 2.05) is 0 Å². The summed E-state index contributed by atoms with van der Waals surface area (Å²) < 4.78 is 0. The van der Waals surface area contributed by atoms with Crippen molar-refractivity contribution in [3.05, 3.63) is 35.4 Å². The van der Waals surface area contributed by atoms with Crippen molar-refractivity contribution in [1.29, 1.82) is 0 Å². The van der Waals surface area contributed by atoms with Crippen LogP contribution >= 0.6 is 0 Å². The van der Waals surface area contributed by atoms with E-state index in [0.717, 1.165) is 18.5 Å². The number of aliphatic hydroxyl groups excluding tert-OH is 1. The van der Waals surface area contributed by atoms with Crippen molar-refractivity contribution in [1.82, 2.24) is 4.90 Å². The molecule has 2 nitrogen and oxygen atoms in total. The Labute approximate surface area is 118 Å².